The van der Waals surface area contributed by atoms with Crippen molar-refractivity contribution in [2.24, 2.45) is 0 Å². The summed E-state index contributed by atoms with van der Waals surface area (Å²) < 4.78 is 2.51. The van der Waals surface area contributed by atoms with Gasteiger partial charge in [0.1, 0.15) is 0 Å². The monoisotopic (exact) mass is 257 g/mol. The van der Waals surface area contributed by atoms with Gasteiger partial charge in [0.15, 0.2) is 0 Å². The average Bonchev–Trinajstić information content (AvgIpc) is 2.86. The highest BCUT2D eigenvalue weighted by Crippen LogP contribution is 2.35. The molecule has 0 amide bonds. The van der Waals surface area contributed by atoms with Crippen molar-refractivity contribution in [3.8, 4) is 0 Å². The highest BCUT2D eigenvalue weighted by atomic mass is 16.3. The van der Waals surface area contributed by atoms with Crippen molar-refractivity contribution in [3.63, 3.8) is 0 Å². The Morgan fingerprint density at radius 2 is 1.95 bits per heavy atom. The number of nitrogens with zero attached hydrogens (tertiary/aromatic N) is 1. The first-order valence-electron chi connectivity index (χ1n) is 7.52. The zero-order valence-corrected chi connectivity index (χ0v) is 11.7. The summed E-state index contributed by atoms with van der Waals surface area (Å²) in [5, 5.41) is 10.8. The second kappa shape index (κ2) is 5.38. The lowest BCUT2D eigenvalue weighted by atomic mass is 9.94. The Balaban J connectivity index is 2.12. The lowest BCUT2D eigenvalue weighted by Gasteiger charge is -2.27. The highest BCUT2D eigenvalue weighted by molar-refractivity contribution is 5.81. The first kappa shape index (κ1) is 12.7. The maximum Gasteiger partial charge on any atom is 0.0511 e. The van der Waals surface area contributed by atoms with E-state index in [4.69, 9.17) is 0 Å². The SMILES string of the molecule is CC(CO)c1cc2ccccc2n1C1CCCCC1. The standard InChI is InChI=1S/C17H23NO/c1-13(12-19)17-11-14-7-5-6-10-16(14)18(17)15-8-3-2-4-9-15/h5-7,10-11,13,15,19H,2-4,8-9,12H2,1H3. The zero-order chi connectivity index (χ0) is 13.2. The number of hydrogen-bond donors (Lipinski definition) is 1. The van der Waals surface area contributed by atoms with E-state index < -0.39 is 0 Å². The molecule has 1 aliphatic rings. The number of hydrogen-bond acceptors (Lipinski definition) is 1. The Morgan fingerprint density at radius 1 is 1.21 bits per heavy atom. The van der Waals surface area contributed by atoms with E-state index in [1.54, 1.807) is 0 Å². The van der Waals surface area contributed by atoms with E-state index in [-0.39, 0.29) is 12.5 Å². The fourth-order valence-corrected chi connectivity index (χ4v) is 3.42. The first-order valence-corrected chi connectivity index (χ1v) is 7.52. The maximum atomic E-state index is 9.52. The van der Waals surface area contributed by atoms with Crippen LogP contribution < -0.4 is 0 Å². The van der Waals surface area contributed by atoms with Crippen molar-refractivity contribution in [3.05, 3.63) is 36.0 Å². The molecule has 0 bridgehead atoms. The molecule has 102 valence electrons. The molecular formula is C17H23NO. The molecule has 2 nitrogen and oxygen atoms in total. The molecule has 1 atom stereocenters. The minimum absolute atomic E-state index is 0.217. The fraction of sp³-hybridized carbons (Fsp3) is 0.529. The van der Waals surface area contributed by atoms with E-state index in [9.17, 15) is 5.11 Å². The van der Waals surface area contributed by atoms with Gasteiger partial charge in [-0.15, -0.1) is 0 Å². The van der Waals surface area contributed by atoms with Crippen LogP contribution in [0.15, 0.2) is 30.3 Å². The highest BCUT2D eigenvalue weighted by Gasteiger charge is 2.22. The number of benzene rings is 1. The van der Waals surface area contributed by atoms with Crippen molar-refractivity contribution in [1.29, 1.82) is 0 Å². The molecule has 0 aliphatic heterocycles. The second-order valence-corrected chi connectivity index (χ2v) is 5.87. The number of aliphatic hydroxyl groups excluding tert-OH is 1. The largest absolute Gasteiger partial charge is 0.396 e. The molecule has 1 aromatic heterocycles. The van der Waals surface area contributed by atoms with E-state index in [0.717, 1.165) is 0 Å². The van der Waals surface area contributed by atoms with Crippen LogP contribution in [0.2, 0.25) is 0 Å². The van der Waals surface area contributed by atoms with Crippen LogP contribution in [-0.4, -0.2) is 16.3 Å². The molecule has 3 rings (SSSR count). The number of para-hydroxylation sites is 1. The lowest BCUT2D eigenvalue weighted by Crippen LogP contribution is -2.17. The Kier molecular flexibility index (Phi) is 3.61. The van der Waals surface area contributed by atoms with E-state index in [1.165, 1.54) is 48.7 Å². The van der Waals surface area contributed by atoms with E-state index >= 15 is 0 Å². The third-order valence-corrected chi connectivity index (χ3v) is 4.50. The molecule has 1 heterocycles. The van der Waals surface area contributed by atoms with Gasteiger partial charge in [-0.05, 0) is 30.4 Å². The normalized spacial score (nSPS) is 18.8. The predicted octanol–water partition coefficient (Wildman–Crippen LogP) is 4.24. The molecule has 19 heavy (non-hydrogen) atoms. The van der Waals surface area contributed by atoms with Crippen LogP contribution in [0.1, 0.15) is 56.7 Å². The van der Waals surface area contributed by atoms with Gasteiger partial charge in [-0.2, -0.15) is 0 Å². The summed E-state index contributed by atoms with van der Waals surface area (Å²) in [7, 11) is 0. The van der Waals surface area contributed by atoms with E-state index in [2.05, 4.69) is 41.8 Å². The van der Waals surface area contributed by atoms with Crippen LogP contribution >= 0.6 is 0 Å². The summed E-state index contributed by atoms with van der Waals surface area (Å²) in [5.41, 5.74) is 2.64. The van der Waals surface area contributed by atoms with Gasteiger partial charge in [-0.3, -0.25) is 0 Å². The number of rotatable bonds is 3. The van der Waals surface area contributed by atoms with Gasteiger partial charge >= 0.3 is 0 Å². The maximum absolute atomic E-state index is 9.52. The smallest absolute Gasteiger partial charge is 0.0511 e. The van der Waals surface area contributed by atoms with Crippen LogP contribution in [0.4, 0.5) is 0 Å². The Bertz CT molecular complexity index is 551. The van der Waals surface area contributed by atoms with Gasteiger partial charge in [0.2, 0.25) is 0 Å². The number of aliphatic hydroxyl groups is 1. The van der Waals surface area contributed by atoms with Gasteiger partial charge in [0, 0.05) is 23.2 Å². The summed E-state index contributed by atoms with van der Waals surface area (Å²) in [6, 6.07) is 11.5. The average molecular weight is 257 g/mol. The van der Waals surface area contributed by atoms with Crippen molar-refractivity contribution >= 4 is 10.9 Å². The molecule has 0 saturated heterocycles. The van der Waals surface area contributed by atoms with Crippen LogP contribution in [0.25, 0.3) is 10.9 Å². The third-order valence-electron chi connectivity index (χ3n) is 4.50. The lowest BCUT2D eigenvalue weighted by molar-refractivity contribution is 0.263. The molecule has 1 aliphatic carbocycles. The van der Waals surface area contributed by atoms with Gasteiger partial charge in [0.05, 0.1) is 6.61 Å². The molecule has 1 fully saturated rings. The van der Waals surface area contributed by atoms with Crippen molar-refractivity contribution < 1.29 is 5.11 Å². The molecule has 0 radical (unpaired) electrons. The zero-order valence-electron chi connectivity index (χ0n) is 11.7. The molecule has 1 aromatic carbocycles. The molecular weight excluding hydrogens is 234 g/mol. The van der Waals surface area contributed by atoms with Gasteiger partial charge < -0.3 is 9.67 Å². The summed E-state index contributed by atoms with van der Waals surface area (Å²) in [6.07, 6.45) is 6.61. The molecule has 1 N–H and O–H groups in total. The number of aromatic nitrogens is 1. The first-order chi connectivity index (χ1) is 9.31. The summed E-state index contributed by atoms with van der Waals surface area (Å²) in [4.78, 5) is 0. The van der Waals surface area contributed by atoms with Gasteiger partial charge in [-0.25, -0.2) is 0 Å². The summed E-state index contributed by atoms with van der Waals surface area (Å²) >= 11 is 0. The van der Waals surface area contributed by atoms with Crippen LogP contribution in [-0.2, 0) is 0 Å². The van der Waals surface area contributed by atoms with Crippen LogP contribution in [0.5, 0.6) is 0 Å². The van der Waals surface area contributed by atoms with Crippen molar-refractivity contribution in [1.82, 2.24) is 4.57 Å². The topological polar surface area (TPSA) is 25.2 Å². The summed E-state index contributed by atoms with van der Waals surface area (Å²) in [6.45, 7) is 2.34. The van der Waals surface area contributed by atoms with Crippen molar-refractivity contribution in [2.45, 2.75) is 51.0 Å². The molecule has 1 saturated carbocycles. The Morgan fingerprint density at radius 3 is 2.68 bits per heavy atom. The van der Waals surface area contributed by atoms with E-state index in [0.29, 0.717) is 6.04 Å². The second-order valence-electron chi connectivity index (χ2n) is 5.87. The van der Waals surface area contributed by atoms with Gasteiger partial charge in [-0.1, -0.05) is 44.4 Å². The quantitative estimate of drug-likeness (QED) is 0.874. The minimum Gasteiger partial charge on any atom is -0.396 e. The van der Waals surface area contributed by atoms with Gasteiger partial charge in [0.25, 0.3) is 0 Å². The minimum atomic E-state index is 0.217. The van der Waals surface area contributed by atoms with Crippen LogP contribution in [0, 0.1) is 0 Å². The number of fused-ring (bicyclic) bond motifs is 1. The van der Waals surface area contributed by atoms with E-state index in [1.807, 2.05) is 0 Å². The molecule has 2 aromatic rings. The molecule has 1 unspecified atom stereocenters. The van der Waals surface area contributed by atoms with Crippen LogP contribution in [0.3, 0.4) is 0 Å². The predicted molar refractivity (Wildman–Crippen MR) is 79.6 cm³/mol. The third kappa shape index (κ3) is 2.30. The fourth-order valence-electron chi connectivity index (χ4n) is 3.42. The molecule has 0 spiro atoms. The summed E-state index contributed by atoms with van der Waals surface area (Å²) in [5.74, 6) is 0.217. The van der Waals surface area contributed by atoms with Crippen molar-refractivity contribution in [2.75, 3.05) is 6.61 Å². The molecule has 2 heteroatoms. The Hall–Kier alpha value is -1.28. The Labute approximate surface area is 115 Å².